The molecule has 60 valence electrons. The van der Waals surface area contributed by atoms with E-state index in [-0.39, 0.29) is 16.9 Å². The van der Waals surface area contributed by atoms with E-state index in [1.54, 1.807) is 0 Å². The van der Waals surface area contributed by atoms with Crippen molar-refractivity contribution in [3.05, 3.63) is 22.2 Å². The summed E-state index contributed by atoms with van der Waals surface area (Å²) in [6.07, 6.45) is 1.27. The van der Waals surface area contributed by atoms with E-state index in [1.807, 2.05) is 0 Å². The van der Waals surface area contributed by atoms with Crippen LogP contribution < -0.4 is 5.90 Å². The first-order chi connectivity index (χ1) is 5.25. The Morgan fingerprint density at radius 2 is 1.91 bits per heavy atom. The predicted octanol–water partition coefficient (Wildman–Crippen LogP) is 1.17. The van der Waals surface area contributed by atoms with Crippen molar-refractivity contribution in [3.63, 3.8) is 0 Å². The summed E-state index contributed by atoms with van der Waals surface area (Å²) in [6.45, 7) is 0.110. The van der Waals surface area contributed by atoms with Crippen LogP contribution in [-0.4, -0.2) is 9.97 Å². The molecule has 11 heavy (non-hydrogen) atoms. The fourth-order valence-electron chi connectivity index (χ4n) is 0.574. The largest absolute Gasteiger partial charge is 0.300 e. The van der Waals surface area contributed by atoms with Crippen LogP contribution in [0.4, 0.5) is 0 Å². The van der Waals surface area contributed by atoms with Crippen LogP contribution in [0.25, 0.3) is 0 Å². The summed E-state index contributed by atoms with van der Waals surface area (Å²) in [5.74, 6) is 4.83. The lowest BCUT2D eigenvalue weighted by Crippen LogP contribution is -2.01. The molecule has 6 heteroatoms. The van der Waals surface area contributed by atoms with Crippen LogP contribution in [0.15, 0.2) is 6.33 Å². The highest BCUT2D eigenvalue weighted by atomic mass is 35.5. The van der Waals surface area contributed by atoms with Gasteiger partial charge in [0.1, 0.15) is 16.6 Å². The third-order valence-electron chi connectivity index (χ3n) is 1.07. The fraction of sp³-hybridized carbons (Fsp3) is 0.200. The van der Waals surface area contributed by atoms with Crippen LogP contribution in [0.5, 0.6) is 0 Å². The van der Waals surface area contributed by atoms with Crippen molar-refractivity contribution < 1.29 is 4.84 Å². The van der Waals surface area contributed by atoms with Gasteiger partial charge in [0.05, 0.1) is 12.2 Å². The van der Waals surface area contributed by atoms with Gasteiger partial charge in [-0.1, -0.05) is 23.2 Å². The summed E-state index contributed by atoms with van der Waals surface area (Å²) in [7, 11) is 0. The molecule has 0 aliphatic rings. The molecule has 4 nitrogen and oxygen atoms in total. The van der Waals surface area contributed by atoms with E-state index < -0.39 is 0 Å². The summed E-state index contributed by atoms with van der Waals surface area (Å²) in [5, 5.41) is 0.519. The van der Waals surface area contributed by atoms with Crippen molar-refractivity contribution in [2.75, 3.05) is 0 Å². The fourth-order valence-corrected chi connectivity index (χ4v) is 0.997. The Hall–Kier alpha value is -0.420. The lowest BCUT2D eigenvalue weighted by molar-refractivity contribution is 0.123. The molecule has 1 rings (SSSR count). The van der Waals surface area contributed by atoms with E-state index >= 15 is 0 Å². The molecule has 0 spiro atoms. The average Bonchev–Trinajstić information content (AvgIpc) is 1.97. The Kier molecular flexibility index (Phi) is 3.02. The first-order valence-corrected chi connectivity index (χ1v) is 3.48. The van der Waals surface area contributed by atoms with Gasteiger partial charge in [0.2, 0.25) is 0 Å². The van der Waals surface area contributed by atoms with Gasteiger partial charge in [0.25, 0.3) is 0 Å². The van der Waals surface area contributed by atoms with Crippen LogP contribution in [0.1, 0.15) is 5.56 Å². The summed E-state index contributed by atoms with van der Waals surface area (Å²) in [4.78, 5) is 11.7. The van der Waals surface area contributed by atoms with E-state index in [4.69, 9.17) is 29.1 Å². The maximum atomic E-state index is 5.64. The highest BCUT2D eigenvalue weighted by Gasteiger charge is 2.06. The SMILES string of the molecule is NOCc1c(Cl)ncnc1Cl. The van der Waals surface area contributed by atoms with Crippen LogP contribution >= 0.6 is 23.2 Å². The zero-order chi connectivity index (χ0) is 8.27. The third-order valence-corrected chi connectivity index (χ3v) is 1.72. The smallest absolute Gasteiger partial charge is 0.139 e. The van der Waals surface area contributed by atoms with Crippen molar-refractivity contribution in [3.8, 4) is 0 Å². The molecule has 0 saturated carbocycles. The van der Waals surface area contributed by atoms with Crippen molar-refractivity contribution in [1.82, 2.24) is 9.97 Å². The van der Waals surface area contributed by atoms with E-state index in [9.17, 15) is 0 Å². The molecule has 0 atom stereocenters. The lowest BCUT2D eigenvalue weighted by atomic mass is 10.4. The molecule has 2 N–H and O–H groups in total. The Morgan fingerprint density at radius 3 is 2.36 bits per heavy atom. The van der Waals surface area contributed by atoms with E-state index in [2.05, 4.69) is 14.8 Å². The molecule has 1 aromatic heterocycles. The maximum absolute atomic E-state index is 5.64. The number of halogens is 2. The number of aromatic nitrogens is 2. The van der Waals surface area contributed by atoms with Gasteiger partial charge in [0.15, 0.2) is 0 Å². The molecule has 0 radical (unpaired) electrons. The van der Waals surface area contributed by atoms with Gasteiger partial charge in [-0.25, -0.2) is 15.9 Å². The maximum Gasteiger partial charge on any atom is 0.139 e. The predicted molar refractivity (Wildman–Crippen MR) is 41.0 cm³/mol. The number of hydrogen-bond donors (Lipinski definition) is 1. The topological polar surface area (TPSA) is 61.0 Å². The summed E-state index contributed by atoms with van der Waals surface area (Å²) in [5.41, 5.74) is 0.498. The molecular formula is C5H5Cl2N3O. The number of nitrogens with two attached hydrogens (primary N) is 1. The zero-order valence-corrected chi connectivity index (χ0v) is 6.93. The van der Waals surface area contributed by atoms with Crippen molar-refractivity contribution >= 4 is 23.2 Å². The minimum atomic E-state index is 0.110. The van der Waals surface area contributed by atoms with E-state index in [0.29, 0.717) is 5.56 Å². The Balaban J connectivity index is 3.00. The minimum Gasteiger partial charge on any atom is -0.300 e. The van der Waals surface area contributed by atoms with Gasteiger partial charge < -0.3 is 0 Å². The molecule has 0 saturated heterocycles. The first kappa shape index (κ1) is 8.67. The van der Waals surface area contributed by atoms with Crippen LogP contribution in [-0.2, 0) is 11.4 Å². The summed E-state index contributed by atoms with van der Waals surface area (Å²) < 4.78 is 0. The Bertz CT molecular complexity index is 235. The number of hydrogen-bond acceptors (Lipinski definition) is 4. The highest BCUT2D eigenvalue weighted by molar-refractivity contribution is 6.34. The van der Waals surface area contributed by atoms with Crippen LogP contribution in [0, 0.1) is 0 Å². The Labute approximate surface area is 73.2 Å². The molecular weight excluding hydrogens is 189 g/mol. The van der Waals surface area contributed by atoms with Crippen molar-refractivity contribution in [1.29, 1.82) is 0 Å². The Morgan fingerprint density at radius 1 is 1.36 bits per heavy atom. The molecule has 1 aromatic rings. The molecule has 0 aliphatic carbocycles. The van der Waals surface area contributed by atoms with Gasteiger partial charge in [-0.15, -0.1) is 0 Å². The molecule has 0 amide bonds. The van der Waals surface area contributed by atoms with E-state index in [0.717, 1.165) is 0 Å². The van der Waals surface area contributed by atoms with Gasteiger partial charge >= 0.3 is 0 Å². The molecule has 0 aliphatic heterocycles. The second-order valence-electron chi connectivity index (χ2n) is 1.74. The average molecular weight is 194 g/mol. The minimum absolute atomic E-state index is 0.110. The monoisotopic (exact) mass is 193 g/mol. The summed E-state index contributed by atoms with van der Waals surface area (Å²) in [6, 6.07) is 0. The zero-order valence-electron chi connectivity index (χ0n) is 5.42. The quantitative estimate of drug-likeness (QED) is 0.567. The van der Waals surface area contributed by atoms with Crippen molar-refractivity contribution in [2.24, 2.45) is 5.90 Å². The molecule has 1 heterocycles. The van der Waals surface area contributed by atoms with Gasteiger partial charge in [-0.2, -0.15) is 0 Å². The molecule has 0 aromatic carbocycles. The normalized spacial score (nSPS) is 10.1. The first-order valence-electron chi connectivity index (χ1n) is 2.72. The summed E-state index contributed by atoms with van der Waals surface area (Å²) >= 11 is 11.3. The van der Waals surface area contributed by atoms with E-state index in [1.165, 1.54) is 6.33 Å². The molecule has 0 bridgehead atoms. The second-order valence-corrected chi connectivity index (χ2v) is 2.46. The van der Waals surface area contributed by atoms with Crippen LogP contribution in [0.2, 0.25) is 10.3 Å². The highest BCUT2D eigenvalue weighted by Crippen LogP contribution is 2.19. The van der Waals surface area contributed by atoms with Gasteiger partial charge in [-0.3, -0.25) is 4.84 Å². The van der Waals surface area contributed by atoms with Gasteiger partial charge in [-0.05, 0) is 0 Å². The number of rotatable bonds is 2. The molecule has 0 unspecified atom stereocenters. The van der Waals surface area contributed by atoms with Gasteiger partial charge in [0, 0.05) is 0 Å². The molecule has 0 fully saturated rings. The lowest BCUT2D eigenvalue weighted by Gasteiger charge is -2.01. The second kappa shape index (κ2) is 3.82. The van der Waals surface area contributed by atoms with Crippen LogP contribution in [0.3, 0.4) is 0 Å². The number of nitrogens with zero attached hydrogens (tertiary/aromatic N) is 2. The third kappa shape index (κ3) is 2.00. The van der Waals surface area contributed by atoms with Crippen molar-refractivity contribution in [2.45, 2.75) is 6.61 Å². The standard InChI is InChI=1S/C5H5Cl2N3O/c6-4-3(1-11-8)5(7)10-2-9-4/h2H,1,8H2.